The molecule has 0 aliphatic carbocycles. The van der Waals surface area contributed by atoms with E-state index in [2.05, 4.69) is 0 Å². The third kappa shape index (κ3) is 5.36. The van der Waals surface area contributed by atoms with Crippen molar-refractivity contribution in [2.24, 2.45) is 0 Å². The molecule has 2 saturated heterocycles. The Balaban J connectivity index is 1.47. The van der Waals surface area contributed by atoms with Crippen LogP contribution in [0.2, 0.25) is 0 Å². The minimum atomic E-state index is -1.75. The van der Waals surface area contributed by atoms with Crippen molar-refractivity contribution in [1.29, 1.82) is 0 Å². The molecule has 2 aromatic carbocycles. The third-order valence-electron chi connectivity index (χ3n) is 6.76. The predicted molar refractivity (Wildman–Crippen MR) is 132 cm³/mol. The molecule has 9 atom stereocenters. The van der Waals surface area contributed by atoms with Gasteiger partial charge in [0.25, 0.3) is 0 Å². The van der Waals surface area contributed by atoms with Gasteiger partial charge in [-0.25, -0.2) is 0 Å². The third-order valence-corrected chi connectivity index (χ3v) is 6.76. The molecule has 0 radical (unpaired) electrons. The molecule has 0 spiro atoms. The molecule has 1 aromatic heterocycles. The Morgan fingerprint density at radius 2 is 1.60 bits per heavy atom. The maximum atomic E-state index is 12.8. The molecule has 3 aromatic rings. The minimum Gasteiger partial charge on any atom is -0.508 e. The van der Waals surface area contributed by atoms with Gasteiger partial charge in [0, 0.05) is 23.8 Å². The summed E-state index contributed by atoms with van der Waals surface area (Å²) in [6.45, 7) is -1.12. The van der Waals surface area contributed by atoms with Gasteiger partial charge in [-0.05, 0) is 24.3 Å². The fourth-order valence-electron chi connectivity index (χ4n) is 4.56. The topological polar surface area (TPSA) is 229 Å². The number of rotatable bonds is 6. The Hall–Kier alpha value is -3.31. The zero-order valence-electron chi connectivity index (χ0n) is 20.7. The highest BCUT2D eigenvalue weighted by Gasteiger charge is 2.49. The van der Waals surface area contributed by atoms with Gasteiger partial charge in [0.1, 0.15) is 70.6 Å². The number of hydrogen-bond donors (Lipinski definition) is 8. The van der Waals surface area contributed by atoms with Crippen LogP contribution in [0, 0.1) is 0 Å². The molecule has 216 valence electrons. The molecule has 5 rings (SSSR count). The maximum Gasteiger partial charge on any atom is 0.229 e. The van der Waals surface area contributed by atoms with Crippen LogP contribution in [0.25, 0.3) is 22.3 Å². The number of benzene rings is 2. The molecule has 14 nitrogen and oxygen atoms in total. The van der Waals surface area contributed by atoms with Gasteiger partial charge >= 0.3 is 0 Å². The number of hydrogen-bond acceptors (Lipinski definition) is 14. The van der Waals surface area contributed by atoms with Crippen LogP contribution in [0.3, 0.4) is 0 Å². The summed E-state index contributed by atoms with van der Waals surface area (Å²) >= 11 is 0. The minimum absolute atomic E-state index is 0.00907. The highest BCUT2D eigenvalue weighted by molar-refractivity contribution is 5.86. The van der Waals surface area contributed by atoms with E-state index in [1.807, 2.05) is 0 Å². The van der Waals surface area contributed by atoms with Crippen LogP contribution in [-0.4, -0.2) is 109 Å². The van der Waals surface area contributed by atoms with Gasteiger partial charge in [0.05, 0.1) is 13.2 Å². The van der Waals surface area contributed by atoms with E-state index in [1.54, 1.807) is 0 Å². The average Bonchev–Trinajstić information content (AvgIpc) is 2.92. The van der Waals surface area contributed by atoms with Crippen molar-refractivity contribution < 1.29 is 64.2 Å². The summed E-state index contributed by atoms with van der Waals surface area (Å²) in [6, 6.07) is 9.37. The molecule has 2 aliphatic heterocycles. The van der Waals surface area contributed by atoms with E-state index in [0.29, 0.717) is 5.56 Å². The molecule has 3 heterocycles. The van der Waals surface area contributed by atoms with Crippen LogP contribution >= 0.6 is 0 Å². The van der Waals surface area contributed by atoms with Gasteiger partial charge in [-0.15, -0.1) is 0 Å². The van der Waals surface area contributed by atoms with Crippen molar-refractivity contribution in [3.63, 3.8) is 0 Å². The second-order valence-corrected chi connectivity index (χ2v) is 9.51. The molecule has 0 amide bonds. The van der Waals surface area contributed by atoms with Crippen LogP contribution < -0.4 is 10.2 Å². The molecular weight excluding hydrogens is 536 g/mol. The van der Waals surface area contributed by atoms with Gasteiger partial charge in [0.15, 0.2) is 17.8 Å². The second kappa shape index (κ2) is 11.3. The van der Waals surface area contributed by atoms with E-state index < -0.39 is 79.7 Å². The molecule has 0 saturated carbocycles. The Bertz CT molecular complexity index is 1390. The quantitative estimate of drug-likeness (QED) is 0.171. The maximum absolute atomic E-state index is 12.8. The lowest BCUT2D eigenvalue weighted by atomic mass is 9.98. The van der Waals surface area contributed by atoms with Gasteiger partial charge in [-0.3, -0.25) is 4.79 Å². The SMILES string of the molecule is O=c1cc(-c2ccc(O)cc2)oc2cc(O[C@@H]3O[C@@H](CO)[C@@H](O)[C@H](O)[C@@H]3O[C@H]3OC[C@H](O)[C@@H](O)[C@H]3O)cc(O)c12. The number of aliphatic hydroxyl groups is 6. The predicted octanol–water partition coefficient (Wildman–Crippen LogP) is -1.49. The van der Waals surface area contributed by atoms with E-state index in [1.165, 1.54) is 36.4 Å². The zero-order chi connectivity index (χ0) is 28.7. The number of aromatic hydroxyl groups is 2. The van der Waals surface area contributed by atoms with Crippen molar-refractivity contribution in [2.45, 2.75) is 55.3 Å². The molecule has 40 heavy (non-hydrogen) atoms. The van der Waals surface area contributed by atoms with E-state index in [-0.39, 0.29) is 28.2 Å². The molecular formula is C26H28O14. The summed E-state index contributed by atoms with van der Waals surface area (Å²) in [4.78, 5) is 12.8. The Kier molecular flexibility index (Phi) is 7.96. The smallest absolute Gasteiger partial charge is 0.229 e. The molecule has 2 aliphatic rings. The van der Waals surface area contributed by atoms with Crippen molar-refractivity contribution in [2.75, 3.05) is 13.2 Å². The lowest BCUT2D eigenvalue weighted by Crippen LogP contribution is -2.63. The molecule has 0 bridgehead atoms. The first-order chi connectivity index (χ1) is 19.1. The lowest BCUT2D eigenvalue weighted by molar-refractivity contribution is -0.344. The number of phenols is 2. The largest absolute Gasteiger partial charge is 0.508 e. The number of ether oxygens (including phenoxy) is 4. The van der Waals surface area contributed by atoms with Crippen molar-refractivity contribution >= 4 is 11.0 Å². The summed E-state index contributed by atoms with van der Waals surface area (Å²) in [5, 5.41) is 80.7. The molecule has 8 N–H and O–H groups in total. The molecule has 0 unspecified atom stereocenters. The Morgan fingerprint density at radius 1 is 0.875 bits per heavy atom. The van der Waals surface area contributed by atoms with Crippen molar-refractivity contribution in [3.8, 4) is 28.6 Å². The van der Waals surface area contributed by atoms with Crippen LogP contribution in [0.1, 0.15) is 0 Å². The van der Waals surface area contributed by atoms with Crippen LogP contribution in [-0.2, 0) is 14.2 Å². The van der Waals surface area contributed by atoms with Crippen LogP contribution in [0.5, 0.6) is 17.2 Å². The molecule has 14 heteroatoms. The van der Waals surface area contributed by atoms with E-state index in [4.69, 9.17) is 23.4 Å². The number of phenolic OH excluding ortho intramolecular Hbond substituents is 2. The van der Waals surface area contributed by atoms with Gasteiger partial charge < -0.3 is 64.2 Å². The monoisotopic (exact) mass is 564 g/mol. The highest BCUT2D eigenvalue weighted by Crippen LogP contribution is 2.34. The van der Waals surface area contributed by atoms with Crippen molar-refractivity contribution in [1.82, 2.24) is 0 Å². The van der Waals surface area contributed by atoms with E-state index in [0.717, 1.165) is 6.07 Å². The first-order valence-electron chi connectivity index (χ1n) is 12.3. The normalized spacial score (nSPS) is 32.7. The van der Waals surface area contributed by atoms with E-state index in [9.17, 15) is 45.6 Å². The number of aliphatic hydroxyl groups excluding tert-OH is 6. The Labute approximate surface area is 225 Å². The van der Waals surface area contributed by atoms with Gasteiger partial charge in [-0.2, -0.15) is 0 Å². The fourth-order valence-corrected chi connectivity index (χ4v) is 4.56. The van der Waals surface area contributed by atoms with Crippen LogP contribution in [0.15, 0.2) is 51.7 Å². The second-order valence-electron chi connectivity index (χ2n) is 9.51. The summed E-state index contributed by atoms with van der Waals surface area (Å²) in [7, 11) is 0. The summed E-state index contributed by atoms with van der Waals surface area (Å²) in [5.74, 6) is -0.494. The lowest BCUT2D eigenvalue weighted by Gasteiger charge is -2.44. The van der Waals surface area contributed by atoms with E-state index >= 15 is 0 Å². The summed E-state index contributed by atoms with van der Waals surface area (Å²) in [5.41, 5.74) is -0.180. The summed E-state index contributed by atoms with van der Waals surface area (Å²) < 4.78 is 28.0. The first kappa shape index (κ1) is 28.2. The molecule has 2 fully saturated rings. The average molecular weight is 564 g/mol. The van der Waals surface area contributed by atoms with Gasteiger partial charge in [-0.1, -0.05) is 0 Å². The summed E-state index contributed by atoms with van der Waals surface area (Å²) in [6.07, 6.45) is -14.2. The fraction of sp³-hybridized carbons (Fsp3) is 0.423. The van der Waals surface area contributed by atoms with Crippen LogP contribution in [0.4, 0.5) is 0 Å². The van der Waals surface area contributed by atoms with Crippen molar-refractivity contribution in [3.05, 3.63) is 52.7 Å². The first-order valence-corrected chi connectivity index (χ1v) is 12.3. The number of fused-ring (bicyclic) bond motifs is 1. The van der Waals surface area contributed by atoms with Gasteiger partial charge in [0.2, 0.25) is 6.29 Å². The standard InChI is InChI=1S/C26H28O14/c27-8-18-21(33)22(34)24(40-25-23(35)20(32)15(31)9-36-25)26(39-18)37-12-5-13(29)19-14(30)7-16(38-17(19)6-12)10-1-3-11(28)4-2-10/h1-7,15,18,20-29,31-35H,8-9H2/t15-,18-,20+,21+,22-,23+,24-,25+,26+/m0/s1. The Morgan fingerprint density at radius 3 is 2.30 bits per heavy atom. The highest BCUT2D eigenvalue weighted by atomic mass is 16.8. The zero-order valence-corrected chi connectivity index (χ0v) is 20.7.